The van der Waals surface area contributed by atoms with Crippen molar-refractivity contribution in [1.82, 2.24) is 5.32 Å². The van der Waals surface area contributed by atoms with Gasteiger partial charge in [0.15, 0.2) is 0 Å². The average molecular weight is 265 g/mol. The molecule has 0 spiro atoms. The van der Waals surface area contributed by atoms with Crippen LogP contribution in [0.15, 0.2) is 24.3 Å². The van der Waals surface area contributed by atoms with Crippen molar-refractivity contribution in [3.05, 3.63) is 29.8 Å². The fourth-order valence-electron chi connectivity index (χ4n) is 2.17. The second-order valence-electron chi connectivity index (χ2n) is 5.74. The first-order valence-corrected chi connectivity index (χ1v) is 6.94. The Morgan fingerprint density at radius 3 is 2.42 bits per heavy atom. The largest absolute Gasteiger partial charge is 0.491 e. The third-order valence-electron chi connectivity index (χ3n) is 3.05. The molecule has 0 aromatic heterocycles. The van der Waals surface area contributed by atoms with Crippen LogP contribution in [0.3, 0.4) is 0 Å². The molecule has 3 nitrogen and oxygen atoms in total. The van der Waals surface area contributed by atoms with E-state index in [0.29, 0.717) is 13.2 Å². The van der Waals surface area contributed by atoms with Gasteiger partial charge >= 0.3 is 0 Å². The van der Waals surface area contributed by atoms with Crippen molar-refractivity contribution < 1.29 is 9.47 Å². The van der Waals surface area contributed by atoms with Crippen LogP contribution in [0.4, 0.5) is 0 Å². The van der Waals surface area contributed by atoms with Gasteiger partial charge in [-0.3, -0.25) is 0 Å². The number of hydrogen-bond acceptors (Lipinski definition) is 3. The lowest BCUT2D eigenvalue weighted by molar-refractivity contribution is 0.144. The zero-order valence-electron chi connectivity index (χ0n) is 12.8. The van der Waals surface area contributed by atoms with E-state index in [9.17, 15) is 0 Å². The van der Waals surface area contributed by atoms with Crippen molar-refractivity contribution in [2.75, 3.05) is 26.9 Å². The van der Waals surface area contributed by atoms with E-state index in [1.54, 1.807) is 7.11 Å². The highest BCUT2D eigenvalue weighted by molar-refractivity contribution is 5.37. The summed E-state index contributed by atoms with van der Waals surface area (Å²) in [5, 5.41) is 3.56. The Morgan fingerprint density at radius 2 is 1.84 bits per heavy atom. The topological polar surface area (TPSA) is 30.5 Å². The number of para-hydroxylation sites is 1. The first-order valence-electron chi connectivity index (χ1n) is 6.94. The van der Waals surface area contributed by atoms with E-state index in [1.165, 1.54) is 5.56 Å². The normalized spacial score (nSPS) is 13.3. The van der Waals surface area contributed by atoms with E-state index >= 15 is 0 Å². The van der Waals surface area contributed by atoms with Crippen molar-refractivity contribution in [2.45, 2.75) is 33.7 Å². The molecular formula is C16H27NO2. The predicted molar refractivity (Wildman–Crippen MR) is 79.7 cm³/mol. The number of rotatable bonds is 7. The third kappa shape index (κ3) is 4.84. The van der Waals surface area contributed by atoms with Crippen molar-refractivity contribution in [3.8, 4) is 5.75 Å². The highest BCUT2D eigenvalue weighted by Crippen LogP contribution is 2.37. The third-order valence-corrected chi connectivity index (χ3v) is 3.05. The maximum Gasteiger partial charge on any atom is 0.124 e. The molecule has 1 aromatic rings. The van der Waals surface area contributed by atoms with Gasteiger partial charge in [0.2, 0.25) is 0 Å². The molecule has 0 saturated carbocycles. The van der Waals surface area contributed by atoms with Crippen LogP contribution in [-0.4, -0.2) is 26.9 Å². The molecule has 0 aliphatic rings. The Morgan fingerprint density at radius 1 is 1.16 bits per heavy atom. The van der Waals surface area contributed by atoms with Gasteiger partial charge in [0.1, 0.15) is 12.4 Å². The second kappa shape index (κ2) is 7.51. The van der Waals surface area contributed by atoms with Crippen LogP contribution in [0, 0.1) is 5.41 Å². The van der Waals surface area contributed by atoms with Crippen LogP contribution in [-0.2, 0) is 4.74 Å². The molecule has 0 bridgehead atoms. The predicted octanol–water partition coefficient (Wildman–Crippen LogP) is 3.41. The van der Waals surface area contributed by atoms with Gasteiger partial charge in [0, 0.05) is 18.7 Å². The molecule has 1 rings (SSSR count). The molecule has 1 aromatic carbocycles. The van der Waals surface area contributed by atoms with Crippen molar-refractivity contribution in [2.24, 2.45) is 5.41 Å². The molecular weight excluding hydrogens is 238 g/mol. The maximum atomic E-state index is 5.84. The SMILES string of the molecule is CCNC(c1ccccc1OCCOC)C(C)(C)C. The monoisotopic (exact) mass is 265 g/mol. The molecule has 1 unspecified atom stereocenters. The lowest BCUT2D eigenvalue weighted by Crippen LogP contribution is -2.32. The van der Waals surface area contributed by atoms with Crippen molar-refractivity contribution in [1.29, 1.82) is 0 Å². The number of hydrogen-bond donors (Lipinski definition) is 1. The van der Waals surface area contributed by atoms with Crippen molar-refractivity contribution >= 4 is 0 Å². The van der Waals surface area contributed by atoms with E-state index in [-0.39, 0.29) is 11.5 Å². The van der Waals surface area contributed by atoms with Gasteiger partial charge in [0.25, 0.3) is 0 Å². The number of nitrogens with one attached hydrogen (secondary N) is 1. The van der Waals surface area contributed by atoms with E-state index in [0.717, 1.165) is 12.3 Å². The second-order valence-corrected chi connectivity index (χ2v) is 5.74. The summed E-state index contributed by atoms with van der Waals surface area (Å²) >= 11 is 0. The molecule has 0 saturated heterocycles. The average Bonchev–Trinajstić information content (AvgIpc) is 2.36. The summed E-state index contributed by atoms with van der Waals surface area (Å²) in [7, 11) is 1.69. The first-order chi connectivity index (χ1) is 9.00. The minimum Gasteiger partial charge on any atom is -0.491 e. The highest BCUT2D eigenvalue weighted by Gasteiger charge is 2.27. The van der Waals surface area contributed by atoms with Gasteiger partial charge in [0.05, 0.1) is 6.61 Å². The van der Waals surface area contributed by atoms with Gasteiger partial charge in [-0.25, -0.2) is 0 Å². The van der Waals surface area contributed by atoms with Gasteiger partial charge in [-0.1, -0.05) is 45.9 Å². The molecule has 1 N–H and O–H groups in total. The molecule has 108 valence electrons. The smallest absolute Gasteiger partial charge is 0.124 e. The van der Waals surface area contributed by atoms with E-state index in [2.05, 4.69) is 45.1 Å². The Balaban J connectivity index is 2.95. The lowest BCUT2D eigenvalue weighted by Gasteiger charge is -2.33. The summed E-state index contributed by atoms with van der Waals surface area (Å²) in [6.07, 6.45) is 0. The van der Waals surface area contributed by atoms with Gasteiger partial charge in [-0.2, -0.15) is 0 Å². The lowest BCUT2D eigenvalue weighted by atomic mass is 9.82. The fraction of sp³-hybridized carbons (Fsp3) is 0.625. The van der Waals surface area contributed by atoms with Gasteiger partial charge < -0.3 is 14.8 Å². The number of benzene rings is 1. The Kier molecular flexibility index (Phi) is 6.32. The zero-order valence-corrected chi connectivity index (χ0v) is 12.8. The molecule has 0 fully saturated rings. The number of ether oxygens (including phenoxy) is 2. The first kappa shape index (κ1) is 16.0. The summed E-state index contributed by atoms with van der Waals surface area (Å²) in [4.78, 5) is 0. The molecule has 19 heavy (non-hydrogen) atoms. The highest BCUT2D eigenvalue weighted by atomic mass is 16.5. The van der Waals surface area contributed by atoms with Crippen LogP contribution < -0.4 is 10.1 Å². The standard InChI is InChI=1S/C16H27NO2/c1-6-17-15(16(2,3)4)13-9-7-8-10-14(13)19-12-11-18-5/h7-10,15,17H,6,11-12H2,1-5H3. The molecule has 0 heterocycles. The fourth-order valence-corrected chi connectivity index (χ4v) is 2.17. The van der Waals surface area contributed by atoms with Crippen LogP contribution in [0.2, 0.25) is 0 Å². The Bertz CT molecular complexity index is 371. The molecule has 0 radical (unpaired) electrons. The van der Waals surface area contributed by atoms with E-state index in [4.69, 9.17) is 9.47 Å². The van der Waals surface area contributed by atoms with Crippen LogP contribution in [0.1, 0.15) is 39.3 Å². The van der Waals surface area contributed by atoms with Crippen LogP contribution >= 0.6 is 0 Å². The van der Waals surface area contributed by atoms with Crippen LogP contribution in [0.25, 0.3) is 0 Å². The molecule has 0 aliphatic heterocycles. The molecule has 1 atom stereocenters. The quantitative estimate of drug-likeness (QED) is 0.766. The maximum absolute atomic E-state index is 5.84. The van der Waals surface area contributed by atoms with Crippen LogP contribution in [0.5, 0.6) is 5.75 Å². The van der Waals surface area contributed by atoms with E-state index in [1.807, 2.05) is 12.1 Å². The van der Waals surface area contributed by atoms with Gasteiger partial charge in [-0.15, -0.1) is 0 Å². The summed E-state index contributed by atoms with van der Waals surface area (Å²) < 4.78 is 10.9. The van der Waals surface area contributed by atoms with E-state index < -0.39 is 0 Å². The summed E-state index contributed by atoms with van der Waals surface area (Å²) in [5.74, 6) is 0.945. The molecule has 0 amide bonds. The van der Waals surface area contributed by atoms with Crippen molar-refractivity contribution in [3.63, 3.8) is 0 Å². The molecule has 0 aliphatic carbocycles. The zero-order chi connectivity index (χ0) is 14.3. The molecule has 3 heteroatoms. The Hall–Kier alpha value is -1.06. The Labute approximate surface area is 117 Å². The van der Waals surface area contributed by atoms with Gasteiger partial charge in [-0.05, 0) is 18.0 Å². The number of methoxy groups -OCH3 is 1. The minimum atomic E-state index is 0.136. The summed E-state index contributed by atoms with van der Waals surface area (Å²) in [5.41, 5.74) is 1.35. The summed E-state index contributed by atoms with van der Waals surface area (Å²) in [6, 6.07) is 8.52. The minimum absolute atomic E-state index is 0.136. The summed E-state index contributed by atoms with van der Waals surface area (Å²) in [6.45, 7) is 11.0.